The molecule has 0 amide bonds. The lowest BCUT2D eigenvalue weighted by atomic mass is 10.3. The minimum absolute atomic E-state index is 0.572. The number of halogens is 1. The number of H-pyrrole nitrogens is 2. The van der Waals surface area contributed by atoms with Crippen LogP contribution < -0.4 is 0 Å². The fraction of sp³-hybridized carbons (Fsp3) is 0.154. The number of benzene rings is 1. The Kier molecular flexibility index (Phi) is 3.20. The molecule has 2 heterocycles. The largest absolute Gasteiger partial charge is 0.346 e. The molecular formula is C13H11BrN4S. The van der Waals surface area contributed by atoms with Crippen molar-refractivity contribution in [3.63, 3.8) is 0 Å². The molecule has 2 N–H and O–H groups in total. The Morgan fingerprint density at radius 3 is 2.63 bits per heavy atom. The second kappa shape index (κ2) is 4.86. The van der Waals surface area contributed by atoms with Gasteiger partial charge >= 0.3 is 0 Å². The van der Waals surface area contributed by atoms with Crippen LogP contribution in [0.15, 0.2) is 28.7 Å². The van der Waals surface area contributed by atoms with E-state index in [4.69, 9.17) is 12.2 Å². The van der Waals surface area contributed by atoms with E-state index in [0.29, 0.717) is 11.1 Å². The summed E-state index contributed by atoms with van der Waals surface area (Å²) >= 11 is 8.61. The summed E-state index contributed by atoms with van der Waals surface area (Å²) in [4.78, 5) is 15.4. The van der Waals surface area contributed by atoms with Gasteiger partial charge in [0.25, 0.3) is 0 Å². The Labute approximate surface area is 123 Å². The molecule has 0 saturated heterocycles. The Bertz CT molecular complexity index is 773. The molecule has 0 aliphatic heterocycles. The molecule has 0 spiro atoms. The first-order chi connectivity index (χ1) is 9.13. The minimum Gasteiger partial charge on any atom is -0.346 e. The summed E-state index contributed by atoms with van der Waals surface area (Å²) in [6, 6.07) is 7.95. The van der Waals surface area contributed by atoms with Gasteiger partial charge in [0.05, 0.1) is 21.9 Å². The Hall–Kier alpha value is -1.53. The highest BCUT2D eigenvalue weighted by molar-refractivity contribution is 9.10. The van der Waals surface area contributed by atoms with E-state index in [1.807, 2.05) is 31.2 Å². The normalized spacial score (nSPS) is 11.1. The highest BCUT2D eigenvalue weighted by atomic mass is 79.9. The van der Waals surface area contributed by atoms with Gasteiger partial charge in [0.15, 0.2) is 0 Å². The highest BCUT2D eigenvalue weighted by Crippen LogP contribution is 2.16. The van der Waals surface area contributed by atoms with Crippen LogP contribution in [0.4, 0.5) is 0 Å². The number of nitrogens with zero attached hydrogens (tertiary/aromatic N) is 2. The van der Waals surface area contributed by atoms with Crippen molar-refractivity contribution in [2.45, 2.75) is 13.3 Å². The zero-order valence-corrected chi connectivity index (χ0v) is 12.6. The number of fused-ring (bicyclic) bond motifs is 1. The average molecular weight is 335 g/mol. The van der Waals surface area contributed by atoms with Crippen molar-refractivity contribution >= 4 is 39.2 Å². The van der Waals surface area contributed by atoms with Gasteiger partial charge in [-0.1, -0.05) is 24.4 Å². The summed E-state index contributed by atoms with van der Waals surface area (Å²) in [7, 11) is 0. The third kappa shape index (κ3) is 2.46. The van der Waals surface area contributed by atoms with Gasteiger partial charge in [-0.05, 0) is 35.0 Å². The third-order valence-electron chi connectivity index (χ3n) is 2.86. The summed E-state index contributed by atoms with van der Waals surface area (Å²) in [5, 5.41) is 0. The number of aromatic nitrogens is 4. The van der Waals surface area contributed by atoms with Gasteiger partial charge in [-0.3, -0.25) is 0 Å². The molecule has 3 rings (SSSR count). The Morgan fingerprint density at radius 2 is 1.89 bits per heavy atom. The first-order valence-corrected chi connectivity index (χ1v) is 7.02. The Morgan fingerprint density at radius 1 is 1.16 bits per heavy atom. The highest BCUT2D eigenvalue weighted by Gasteiger charge is 2.07. The number of aryl methyl sites for hydroxylation is 1. The van der Waals surface area contributed by atoms with Gasteiger partial charge < -0.3 is 9.97 Å². The van der Waals surface area contributed by atoms with Gasteiger partial charge in [-0.15, -0.1) is 0 Å². The van der Waals surface area contributed by atoms with Crippen molar-refractivity contribution in [1.29, 1.82) is 0 Å². The SMILES string of the molecule is Cc1[nH]c(Cc2nc3ccccc3[nH]2)nc(=S)c1Br. The zero-order chi connectivity index (χ0) is 13.4. The molecule has 0 atom stereocenters. The number of rotatable bonds is 2. The van der Waals surface area contributed by atoms with Gasteiger partial charge in [-0.2, -0.15) is 0 Å². The maximum Gasteiger partial charge on any atom is 0.144 e. The van der Waals surface area contributed by atoms with E-state index in [1.54, 1.807) is 0 Å². The molecule has 0 bridgehead atoms. The maximum absolute atomic E-state index is 5.20. The number of imidazole rings is 1. The molecule has 0 radical (unpaired) electrons. The van der Waals surface area contributed by atoms with Crippen LogP contribution in [0, 0.1) is 11.6 Å². The zero-order valence-electron chi connectivity index (χ0n) is 10.2. The minimum atomic E-state index is 0.572. The molecule has 0 saturated carbocycles. The van der Waals surface area contributed by atoms with Gasteiger partial charge in [-0.25, -0.2) is 9.97 Å². The lowest BCUT2D eigenvalue weighted by Crippen LogP contribution is -2.01. The predicted octanol–water partition coefficient (Wildman–Crippen LogP) is 3.68. The van der Waals surface area contributed by atoms with Crippen molar-refractivity contribution in [2.75, 3.05) is 0 Å². The van der Waals surface area contributed by atoms with Crippen LogP contribution in [-0.2, 0) is 6.42 Å². The molecule has 0 unspecified atom stereocenters. The number of hydrogen-bond donors (Lipinski definition) is 2. The third-order valence-corrected chi connectivity index (χ3v) is 4.39. The molecule has 6 heteroatoms. The van der Waals surface area contributed by atoms with Gasteiger partial charge in [0.2, 0.25) is 0 Å². The van der Waals surface area contributed by atoms with Crippen LogP contribution in [0.1, 0.15) is 17.3 Å². The lowest BCUT2D eigenvalue weighted by Gasteiger charge is -2.03. The number of hydrogen-bond acceptors (Lipinski definition) is 3. The van der Waals surface area contributed by atoms with Crippen molar-refractivity contribution in [2.24, 2.45) is 0 Å². The monoisotopic (exact) mass is 334 g/mol. The molecule has 0 aliphatic carbocycles. The summed E-state index contributed by atoms with van der Waals surface area (Å²) in [6.45, 7) is 1.96. The smallest absolute Gasteiger partial charge is 0.144 e. The first kappa shape index (κ1) is 12.5. The molecule has 96 valence electrons. The van der Waals surface area contributed by atoms with Crippen LogP contribution in [-0.4, -0.2) is 19.9 Å². The number of nitrogens with one attached hydrogen (secondary N) is 2. The fourth-order valence-electron chi connectivity index (χ4n) is 1.96. The van der Waals surface area contributed by atoms with Crippen LogP contribution in [0.5, 0.6) is 0 Å². The molecule has 0 aliphatic rings. The Balaban J connectivity index is 1.99. The number of aromatic amines is 2. The van der Waals surface area contributed by atoms with E-state index in [9.17, 15) is 0 Å². The van der Waals surface area contributed by atoms with Gasteiger partial charge in [0.1, 0.15) is 16.3 Å². The molecule has 3 aromatic rings. The first-order valence-electron chi connectivity index (χ1n) is 5.82. The van der Waals surface area contributed by atoms with E-state index < -0.39 is 0 Å². The molecule has 0 fully saturated rings. The summed E-state index contributed by atoms with van der Waals surface area (Å²) in [5.41, 5.74) is 2.97. The van der Waals surface area contributed by atoms with E-state index in [-0.39, 0.29) is 0 Å². The van der Waals surface area contributed by atoms with Crippen LogP contribution in [0.2, 0.25) is 0 Å². The van der Waals surface area contributed by atoms with Crippen LogP contribution >= 0.6 is 28.1 Å². The van der Waals surface area contributed by atoms with E-state index in [1.165, 1.54) is 0 Å². The molecule has 4 nitrogen and oxygen atoms in total. The van der Waals surface area contributed by atoms with Crippen LogP contribution in [0.25, 0.3) is 11.0 Å². The van der Waals surface area contributed by atoms with Gasteiger partial charge in [0, 0.05) is 5.69 Å². The number of para-hydroxylation sites is 2. The topological polar surface area (TPSA) is 57.4 Å². The lowest BCUT2D eigenvalue weighted by molar-refractivity contribution is 0.889. The van der Waals surface area contributed by atoms with E-state index in [0.717, 1.165) is 32.8 Å². The van der Waals surface area contributed by atoms with Crippen molar-refractivity contribution < 1.29 is 0 Å². The van der Waals surface area contributed by atoms with E-state index >= 15 is 0 Å². The average Bonchev–Trinajstić information content (AvgIpc) is 2.78. The van der Waals surface area contributed by atoms with Crippen LogP contribution in [0.3, 0.4) is 0 Å². The maximum atomic E-state index is 5.20. The van der Waals surface area contributed by atoms with Crippen molar-refractivity contribution in [3.8, 4) is 0 Å². The second-order valence-corrected chi connectivity index (χ2v) is 5.48. The summed E-state index contributed by atoms with van der Waals surface area (Å²) in [6.07, 6.45) is 0.604. The molecular weight excluding hydrogens is 324 g/mol. The summed E-state index contributed by atoms with van der Waals surface area (Å²) in [5.74, 6) is 1.69. The van der Waals surface area contributed by atoms with Crippen molar-refractivity contribution in [1.82, 2.24) is 19.9 Å². The standard InChI is InChI=1S/C13H11BrN4S/c1-7-12(14)13(19)18-10(15-7)6-11-16-8-4-2-3-5-9(8)17-11/h2-5H,6H2,1H3,(H,16,17)(H,15,18,19). The fourth-order valence-corrected chi connectivity index (χ4v) is 2.41. The quantitative estimate of drug-likeness (QED) is 0.703. The molecule has 2 aromatic heterocycles. The molecule has 19 heavy (non-hydrogen) atoms. The summed E-state index contributed by atoms with van der Waals surface area (Å²) < 4.78 is 1.42. The predicted molar refractivity (Wildman–Crippen MR) is 80.8 cm³/mol. The van der Waals surface area contributed by atoms with E-state index in [2.05, 4.69) is 35.9 Å². The second-order valence-electron chi connectivity index (χ2n) is 4.31. The molecule has 1 aromatic carbocycles. The van der Waals surface area contributed by atoms with Crippen molar-refractivity contribution in [3.05, 3.63) is 50.7 Å².